The summed E-state index contributed by atoms with van der Waals surface area (Å²) in [6.45, 7) is 4.17. The van der Waals surface area contributed by atoms with Gasteiger partial charge in [0.05, 0.1) is 19.2 Å². The number of likely N-dealkylation sites (N-methyl/N-ethyl adjacent to an activating group) is 1. The zero-order valence-corrected chi connectivity index (χ0v) is 14.2. The van der Waals surface area contributed by atoms with Gasteiger partial charge >= 0.3 is 0 Å². The lowest BCUT2D eigenvalue weighted by molar-refractivity contribution is -0.124. The van der Waals surface area contributed by atoms with Crippen LogP contribution in [-0.4, -0.2) is 62.2 Å². The van der Waals surface area contributed by atoms with Crippen molar-refractivity contribution in [3.05, 3.63) is 29.8 Å². The summed E-state index contributed by atoms with van der Waals surface area (Å²) in [6, 6.07) is 6.51. The van der Waals surface area contributed by atoms with Crippen LogP contribution in [0.25, 0.3) is 0 Å². The number of nitrogens with one attached hydrogen (secondary N) is 1. The van der Waals surface area contributed by atoms with Crippen molar-refractivity contribution in [2.45, 2.75) is 25.5 Å². The molecule has 1 aliphatic rings. The van der Waals surface area contributed by atoms with Crippen molar-refractivity contribution in [2.24, 2.45) is 5.73 Å². The van der Waals surface area contributed by atoms with Crippen LogP contribution in [0.1, 0.15) is 23.7 Å². The van der Waals surface area contributed by atoms with Gasteiger partial charge in [-0.05, 0) is 44.3 Å². The summed E-state index contributed by atoms with van der Waals surface area (Å²) in [5.41, 5.74) is 5.65. The van der Waals surface area contributed by atoms with Crippen LogP contribution in [0.3, 0.4) is 0 Å². The minimum atomic E-state index is -0.479. The number of rotatable bonds is 7. The predicted octanol–water partition coefficient (Wildman–Crippen LogP) is 0.390. The lowest BCUT2D eigenvalue weighted by Gasteiger charge is -2.32. The van der Waals surface area contributed by atoms with Crippen molar-refractivity contribution >= 4 is 11.8 Å². The maximum atomic E-state index is 12.1. The number of amides is 2. The van der Waals surface area contributed by atoms with E-state index in [-0.39, 0.29) is 18.1 Å². The Balaban J connectivity index is 1.95. The molecule has 1 fully saturated rings. The summed E-state index contributed by atoms with van der Waals surface area (Å²) in [4.78, 5) is 25.1. The molecule has 0 bridgehead atoms. The lowest BCUT2D eigenvalue weighted by atomic mass is 10.1. The minimum absolute atomic E-state index is 0.0241. The Morgan fingerprint density at radius 1 is 1.38 bits per heavy atom. The molecule has 0 spiro atoms. The minimum Gasteiger partial charge on any atom is -0.486 e. The van der Waals surface area contributed by atoms with Crippen molar-refractivity contribution in [1.82, 2.24) is 10.2 Å². The molecule has 1 aliphatic heterocycles. The highest BCUT2D eigenvalue weighted by molar-refractivity contribution is 5.92. The van der Waals surface area contributed by atoms with E-state index in [1.54, 1.807) is 24.3 Å². The number of nitrogens with two attached hydrogens (primary N) is 1. The Kier molecular flexibility index (Phi) is 6.57. The van der Waals surface area contributed by atoms with E-state index in [9.17, 15) is 9.59 Å². The quantitative estimate of drug-likeness (QED) is 0.752. The molecule has 0 unspecified atom stereocenters. The lowest BCUT2D eigenvalue weighted by Crippen LogP contribution is -2.53. The highest BCUT2D eigenvalue weighted by Crippen LogP contribution is 2.18. The average molecular weight is 335 g/mol. The summed E-state index contributed by atoms with van der Waals surface area (Å²) >= 11 is 0. The Morgan fingerprint density at radius 3 is 2.71 bits per heavy atom. The van der Waals surface area contributed by atoms with Gasteiger partial charge in [-0.2, -0.15) is 0 Å². The Bertz CT molecular complexity index is 561. The zero-order chi connectivity index (χ0) is 17.5. The number of carbonyl (C=O) groups is 2. The van der Waals surface area contributed by atoms with E-state index in [0.717, 1.165) is 6.54 Å². The molecule has 1 aromatic rings. The fourth-order valence-electron chi connectivity index (χ4n) is 2.48. The van der Waals surface area contributed by atoms with Crippen molar-refractivity contribution in [2.75, 3.05) is 33.4 Å². The first kappa shape index (κ1) is 18.2. The third-order valence-electron chi connectivity index (χ3n) is 4.03. The van der Waals surface area contributed by atoms with Crippen molar-refractivity contribution in [1.29, 1.82) is 0 Å². The average Bonchev–Trinajstić information content (AvgIpc) is 2.57. The fraction of sp³-hybridized carbons (Fsp3) is 0.529. The molecule has 2 rings (SSSR count). The summed E-state index contributed by atoms with van der Waals surface area (Å²) in [5, 5.41) is 3.02. The van der Waals surface area contributed by atoms with Crippen molar-refractivity contribution in [3.63, 3.8) is 0 Å². The number of primary amides is 1. The molecule has 0 radical (unpaired) electrons. The summed E-state index contributed by atoms with van der Waals surface area (Å²) < 4.78 is 11.4. The zero-order valence-electron chi connectivity index (χ0n) is 14.2. The van der Waals surface area contributed by atoms with Gasteiger partial charge in [-0.15, -0.1) is 0 Å². The summed E-state index contributed by atoms with van der Waals surface area (Å²) in [5.74, 6) is 0.108. The molecule has 7 heteroatoms. The Hall–Kier alpha value is -2.12. The van der Waals surface area contributed by atoms with Gasteiger partial charge in [0.15, 0.2) is 0 Å². The first-order valence-electron chi connectivity index (χ1n) is 8.11. The molecule has 0 saturated carbocycles. The second-order valence-electron chi connectivity index (χ2n) is 5.91. The second-order valence-corrected chi connectivity index (χ2v) is 5.91. The molecular formula is C17H25N3O4. The predicted molar refractivity (Wildman–Crippen MR) is 89.9 cm³/mol. The number of carbonyl (C=O) groups excluding carboxylic acids is 2. The number of hydrogen-bond acceptors (Lipinski definition) is 5. The first-order chi connectivity index (χ1) is 11.5. The summed E-state index contributed by atoms with van der Waals surface area (Å²) in [7, 11) is 1.90. The second kappa shape index (κ2) is 8.65. The Labute approximate surface area is 142 Å². The SMILES string of the molecule is CCN(C)CC(=O)N[C@@H]1CCOC[C@H]1Oc1ccc(C(N)=O)cc1. The maximum absolute atomic E-state index is 12.1. The van der Waals surface area contributed by atoms with E-state index >= 15 is 0 Å². The van der Waals surface area contributed by atoms with Gasteiger partial charge in [-0.3, -0.25) is 14.5 Å². The van der Waals surface area contributed by atoms with Gasteiger partial charge in [0.2, 0.25) is 11.8 Å². The summed E-state index contributed by atoms with van der Waals surface area (Å²) in [6.07, 6.45) is 0.431. The Morgan fingerprint density at radius 2 is 2.08 bits per heavy atom. The molecule has 1 saturated heterocycles. The normalized spacial score (nSPS) is 20.6. The molecule has 24 heavy (non-hydrogen) atoms. The van der Waals surface area contributed by atoms with Crippen LogP contribution in [0.5, 0.6) is 5.75 Å². The van der Waals surface area contributed by atoms with E-state index in [1.165, 1.54) is 0 Å². The van der Waals surface area contributed by atoms with Crippen LogP contribution < -0.4 is 15.8 Å². The number of ether oxygens (including phenoxy) is 2. The maximum Gasteiger partial charge on any atom is 0.248 e. The van der Waals surface area contributed by atoms with Crippen LogP contribution in [0.2, 0.25) is 0 Å². The molecule has 0 aromatic heterocycles. The number of hydrogen-bond donors (Lipinski definition) is 2. The van der Waals surface area contributed by atoms with Crippen LogP contribution in [0, 0.1) is 0 Å². The monoisotopic (exact) mass is 335 g/mol. The van der Waals surface area contributed by atoms with Crippen molar-refractivity contribution in [3.8, 4) is 5.75 Å². The fourth-order valence-corrected chi connectivity index (χ4v) is 2.48. The molecule has 132 valence electrons. The molecule has 2 amide bonds. The van der Waals surface area contributed by atoms with Gasteiger partial charge < -0.3 is 20.5 Å². The molecule has 0 aliphatic carbocycles. The van der Waals surface area contributed by atoms with E-state index in [2.05, 4.69) is 5.32 Å². The first-order valence-corrected chi connectivity index (χ1v) is 8.11. The highest BCUT2D eigenvalue weighted by Gasteiger charge is 2.29. The van der Waals surface area contributed by atoms with Gasteiger partial charge in [0, 0.05) is 12.2 Å². The third kappa shape index (κ3) is 5.21. The van der Waals surface area contributed by atoms with Gasteiger partial charge in [0.1, 0.15) is 11.9 Å². The van der Waals surface area contributed by atoms with Crippen LogP contribution in [0.15, 0.2) is 24.3 Å². The van der Waals surface area contributed by atoms with E-state index < -0.39 is 5.91 Å². The standard InChI is InChI=1S/C17H25N3O4/c1-3-20(2)10-16(21)19-14-8-9-23-11-15(14)24-13-6-4-12(5-7-13)17(18)22/h4-7,14-15H,3,8-11H2,1-2H3,(H2,18,22)(H,19,21)/t14-,15-/m1/s1. The molecule has 1 aromatic carbocycles. The smallest absolute Gasteiger partial charge is 0.248 e. The van der Waals surface area contributed by atoms with Crippen LogP contribution in [-0.2, 0) is 9.53 Å². The van der Waals surface area contributed by atoms with Crippen LogP contribution >= 0.6 is 0 Å². The molecule has 3 N–H and O–H groups in total. The number of nitrogens with zero attached hydrogens (tertiary/aromatic N) is 1. The molecule has 7 nitrogen and oxygen atoms in total. The third-order valence-corrected chi connectivity index (χ3v) is 4.03. The van der Waals surface area contributed by atoms with E-state index in [4.69, 9.17) is 15.2 Å². The van der Waals surface area contributed by atoms with E-state index in [1.807, 2.05) is 18.9 Å². The number of benzene rings is 1. The molecular weight excluding hydrogens is 310 g/mol. The van der Waals surface area contributed by atoms with Gasteiger partial charge in [-0.1, -0.05) is 6.92 Å². The van der Waals surface area contributed by atoms with Crippen molar-refractivity contribution < 1.29 is 19.1 Å². The molecule has 2 atom stereocenters. The largest absolute Gasteiger partial charge is 0.486 e. The highest BCUT2D eigenvalue weighted by atomic mass is 16.5. The van der Waals surface area contributed by atoms with Gasteiger partial charge in [0.25, 0.3) is 0 Å². The van der Waals surface area contributed by atoms with Crippen LogP contribution in [0.4, 0.5) is 0 Å². The molecule has 1 heterocycles. The topological polar surface area (TPSA) is 93.9 Å². The van der Waals surface area contributed by atoms with Gasteiger partial charge in [-0.25, -0.2) is 0 Å². The van der Waals surface area contributed by atoms with E-state index in [0.29, 0.717) is 37.5 Å².